The Morgan fingerprint density at radius 1 is 1.38 bits per heavy atom. The molecule has 2 heterocycles. The molecule has 1 fully saturated rings. The summed E-state index contributed by atoms with van der Waals surface area (Å²) in [6.45, 7) is 7.72. The van der Waals surface area contributed by atoms with Gasteiger partial charge >= 0.3 is 0 Å². The lowest BCUT2D eigenvalue weighted by molar-refractivity contribution is -0.385. The first-order valence-corrected chi connectivity index (χ1v) is 9.02. The second kappa shape index (κ2) is 7.83. The van der Waals surface area contributed by atoms with E-state index in [-0.39, 0.29) is 22.8 Å². The van der Waals surface area contributed by atoms with E-state index in [2.05, 4.69) is 22.9 Å². The fourth-order valence-corrected chi connectivity index (χ4v) is 3.62. The van der Waals surface area contributed by atoms with Gasteiger partial charge in [-0.2, -0.15) is 0 Å². The molecule has 0 spiro atoms. The van der Waals surface area contributed by atoms with E-state index in [1.165, 1.54) is 11.6 Å². The summed E-state index contributed by atoms with van der Waals surface area (Å²) in [6, 6.07) is 9.18. The molecule has 0 N–H and O–H groups in total. The molecular weight excluding hydrogens is 330 g/mol. The summed E-state index contributed by atoms with van der Waals surface area (Å²) >= 11 is 0. The van der Waals surface area contributed by atoms with E-state index in [9.17, 15) is 10.1 Å². The van der Waals surface area contributed by atoms with Gasteiger partial charge in [-0.05, 0) is 43.9 Å². The van der Waals surface area contributed by atoms with Gasteiger partial charge in [-0.25, -0.2) is 0 Å². The third-order valence-electron chi connectivity index (χ3n) is 4.67. The van der Waals surface area contributed by atoms with Crippen LogP contribution in [0.2, 0.25) is 0 Å². The van der Waals surface area contributed by atoms with Crippen LogP contribution in [0.1, 0.15) is 44.4 Å². The van der Waals surface area contributed by atoms with Crippen LogP contribution in [-0.2, 0) is 6.54 Å². The van der Waals surface area contributed by atoms with Gasteiger partial charge in [0.05, 0.1) is 11.0 Å². The van der Waals surface area contributed by atoms with E-state index in [4.69, 9.17) is 4.74 Å². The van der Waals surface area contributed by atoms with Crippen LogP contribution in [0.5, 0.6) is 5.75 Å². The van der Waals surface area contributed by atoms with Crippen molar-refractivity contribution in [2.24, 2.45) is 5.92 Å². The molecule has 1 aromatic carbocycles. The molecule has 6 heteroatoms. The molecular formula is C20H25N3O3. The van der Waals surface area contributed by atoms with Crippen molar-refractivity contribution in [3.8, 4) is 5.75 Å². The Hall–Kier alpha value is -2.47. The molecule has 0 aliphatic carbocycles. The minimum atomic E-state index is -0.353. The number of non-ortho nitro benzene ring substituents is 1. The van der Waals surface area contributed by atoms with Crippen LogP contribution < -0.4 is 4.74 Å². The van der Waals surface area contributed by atoms with Gasteiger partial charge in [-0.1, -0.05) is 13.0 Å². The van der Waals surface area contributed by atoms with Crippen LogP contribution in [-0.4, -0.2) is 27.5 Å². The zero-order valence-electron chi connectivity index (χ0n) is 15.5. The molecule has 2 aromatic rings. The largest absolute Gasteiger partial charge is 0.491 e. The van der Waals surface area contributed by atoms with Crippen LogP contribution >= 0.6 is 0 Å². The van der Waals surface area contributed by atoms with E-state index in [0.717, 1.165) is 24.3 Å². The van der Waals surface area contributed by atoms with Crippen LogP contribution in [0.3, 0.4) is 0 Å². The fraction of sp³-hybridized carbons (Fsp3) is 0.450. The average molecular weight is 355 g/mol. The molecule has 1 aliphatic heterocycles. The summed E-state index contributed by atoms with van der Waals surface area (Å²) in [7, 11) is 0. The van der Waals surface area contributed by atoms with Gasteiger partial charge in [0.15, 0.2) is 0 Å². The summed E-state index contributed by atoms with van der Waals surface area (Å²) < 4.78 is 5.90. The summed E-state index contributed by atoms with van der Waals surface area (Å²) in [6.07, 6.45) is 4.76. The average Bonchev–Trinajstić information content (AvgIpc) is 2.97. The molecule has 0 amide bonds. The monoisotopic (exact) mass is 355 g/mol. The molecule has 1 saturated heterocycles. The Kier molecular flexibility index (Phi) is 5.52. The third kappa shape index (κ3) is 4.19. The molecule has 2 atom stereocenters. The van der Waals surface area contributed by atoms with Crippen molar-refractivity contribution < 1.29 is 9.66 Å². The van der Waals surface area contributed by atoms with E-state index < -0.39 is 0 Å². The Morgan fingerprint density at radius 2 is 2.19 bits per heavy atom. The Labute approximate surface area is 154 Å². The lowest BCUT2D eigenvalue weighted by Gasteiger charge is -2.26. The van der Waals surface area contributed by atoms with Crippen molar-refractivity contribution in [3.63, 3.8) is 0 Å². The highest BCUT2D eigenvalue weighted by Gasteiger charge is 2.31. The third-order valence-corrected chi connectivity index (χ3v) is 4.67. The molecule has 0 unspecified atom stereocenters. The maximum absolute atomic E-state index is 11.2. The maximum Gasteiger partial charge on any atom is 0.270 e. The lowest BCUT2D eigenvalue weighted by atomic mass is 10.0. The zero-order valence-corrected chi connectivity index (χ0v) is 15.5. The molecule has 3 rings (SSSR count). The molecule has 26 heavy (non-hydrogen) atoms. The first-order valence-electron chi connectivity index (χ1n) is 9.02. The number of rotatable bonds is 6. The van der Waals surface area contributed by atoms with E-state index >= 15 is 0 Å². The van der Waals surface area contributed by atoms with Crippen molar-refractivity contribution in [1.29, 1.82) is 0 Å². The Morgan fingerprint density at radius 3 is 2.85 bits per heavy atom. The van der Waals surface area contributed by atoms with Gasteiger partial charge in [-0.15, -0.1) is 0 Å². The summed E-state index contributed by atoms with van der Waals surface area (Å²) in [5.74, 6) is 1.28. The number of benzene rings is 1. The first kappa shape index (κ1) is 18.3. The summed E-state index contributed by atoms with van der Waals surface area (Å²) in [5, 5.41) is 11.2. The molecule has 0 bridgehead atoms. The van der Waals surface area contributed by atoms with Gasteiger partial charge in [-0.3, -0.25) is 20.0 Å². The highest BCUT2D eigenvalue weighted by Crippen LogP contribution is 2.37. The number of hydrogen-bond acceptors (Lipinski definition) is 5. The van der Waals surface area contributed by atoms with E-state index in [1.807, 2.05) is 26.1 Å². The number of nitrogens with zero attached hydrogens (tertiary/aromatic N) is 3. The second-order valence-electron chi connectivity index (χ2n) is 7.29. The molecule has 0 saturated carbocycles. The lowest BCUT2D eigenvalue weighted by Crippen LogP contribution is -2.24. The first-order chi connectivity index (χ1) is 12.4. The minimum Gasteiger partial charge on any atom is -0.491 e. The molecule has 6 nitrogen and oxygen atoms in total. The van der Waals surface area contributed by atoms with Gasteiger partial charge in [0.2, 0.25) is 0 Å². The summed E-state index contributed by atoms with van der Waals surface area (Å²) in [4.78, 5) is 17.5. The quantitative estimate of drug-likeness (QED) is 0.569. The molecule has 0 radical (unpaired) electrons. The molecule has 138 valence electrons. The van der Waals surface area contributed by atoms with Crippen LogP contribution in [0.15, 0.2) is 42.7 Å². The predicted octanol–water partition coefficient (Wildman–Crippen LogP) is 4.36. The number of nitro benzene ring substituents is 1. The number of pyridine rings is 1. The van der Waals surface area contributed by atoms with Crippen molar-refractivity contribution in [2.75, 3.05) is 6.54 Å². The topological polar surface area (TPSA) is 68.5 Å². The highest BCUT2D eigenvalue weighted by atomic mass is 16.6. The number of hydrogen-bond donors (Lipinski definition) is 0. The van der Waals surface area contributed by atoms with Crippen molar-refractivity contribution in [3.05, 3.63) is 64.0 Å². The van der Waals surface area contributed by atoms with Crippen LogP contribution in [0, 0.1) is 16.0 Å². The Bertz CT molecular complexity index is 764. The highest BCUT2D eigenvalue weighted by molar-refractivity contribution is 5.44. The number of ether oxygens (including phenoxy) is 1. The normalized spacial score (nSPS) is 20.5. The number of likely N-dealkylation sites (tertiary alicyclic amines) is 1. The minimum absolute atomic E-state index is 0.0156. The Balaban J connectivity index is 1.90. The van der Waals surface area contributed by atoms with E-state index in [0.29, 0.717) is 12.5 Å². The smallest absolute Gasteiger partial charge is 0.270 e. The van der Waals surface area contributed by atoms with Gasteiger partial charge in [0.25, 0.3) is 5.69 Å². The summed E-state index contributed by atoms with van der Waals surface area (Å²) in [5.41, 5.74) is 2.14. The van der Waals surface area contributed by atoms with Gasteiger partial charge < -0.3 is 4.74 Å². The van der Waals surface area contributed by atoms with Crippen molar-refractivity contribution in [1.82, 2.24) is 9.88 Å². The molecule has 1 aromatic heterocycles. The van der Waals surface area contributed by atoms with E-state index in [1.54, 1.807) is 18.3 Å². The predicted molar refractivity (Wildman–Crippen MR) is 100 cm³/mol. The van der Waals surface area contributed by atoms with Gasteiger partial charge in [0, 0.05) is 49.2 Å². The number of nitro groups is 1. The molecule has 1 aliphatic rings. The van der Waals surface area contributed by atoms with Crippen LogP contribution in [0.4, 0.5) is 5.69 Å². The SMILES string of the molecule is CC(C)Oc1ccc([N+](=O)[O-])cc1CN1C[C@@H](C)C[C@H]1c1cccnc1. The fourth-order valence-electron chi connectivity index (χ4n) is 3.62. The maximum atomic E-state index is 11.2. The van der Waals surface area contributed by atoms with Crippen LogP contribution in [0.25, 0.3) is 0 Å². The van der Waals surface area contributed by atoms with Gasteiger partial charge in [0.1, 0.15) is 5.75 Å². The van der Waals surface area contributed by atoms with Crippen molar-refractivity contribution in [2.45, 2.75) is 45.9 Å². The van der Waals surface area contributed by atoms with Crippen molar-refractivity contribution >= 4 is 5.69 Å². The second-order valence-corrected chi connectivity index (χ2v) is 7.29. The number of aromatic nitrogens is 1. The standard InChI is InChI=1S/C20H25N3O3/c1-14(2)26-20-7-6-18(23(24)25)10-17(20)13-22-12-15(3)9-19(22)16-5-4-8-21-11-16/h4-8,10-11,14-15,19H,9,12-13H2,1-3H3/t15-,19-/m0/s1. The zero-order chi connectivity index (χ0) is 18.7.